The van der Waals surface area contributed by atoms with Crippen molar-refractivity contribution in [2.45, 2.75) is 70.6 Å². The Morgan fingerprint density at radius 2 is 1.85 bits per heavy atom. The van der Waals surface area contributed by atoms with Crippen molar-refractivity contribution in [1.29, 1.82) is 0 Å². The molecule has 33 heavy (non-hydrogen) atoms. The van der Waals surface area contributed by atoms with Gasteiger partial charge in [0.15, 0.2) is 0 Å². The van der Waals surface area contributed by atoms with Gasteiger partial charge < -0.3 is 15.1 Å². The van der Waals surface area contributed by atoms with Crippen LogP contribution in [0.4, 0.5) is 5.13 Å². The van der Waals surface area contributed by atoms with Crippen molar-refractivity contribution >= 4 is 27.3 Å². The van der Waals surface area contributed by atoms with E-state index in [1.165, 1.54) is 54.6 Å². The Kier molecular flexibility index (Phi) is 7.25. The Balaban J connectivity index is 1.17. The molecule has 1 aliphatic carbocycles. The fourth-order valence-corrected chi connectivity index (χ4v) is 6.42. The number of carbonyl (C=O) groups excluding carboxylic acids is 1. The molecule has 1 amide bonds. The quantitative estimate of drug-likeness (QED) is 0.651. The largest absolute Gasteiger partial charge is 0.356 e. The molecule has 0 bridgehead atoms. The van der Waals surface area contributed by atoms with Gasteiger partial charge in [-0.15, -0.1) is 5.10 Å². The molecule has 9 heteroatoms. The maximum atomic E-state index is 12.9. The summed E-state index contributed by atoms with van der Waals surface area (Å²) in [5, 5.41) is 8.60. The second-order valence-corrected chi connectivity index (χ2v) is 10.7. The van der Waals surface area contributed by atoms with Crippen LogP contribution >= 0.6 is 11.3 Å². The number of piperidine rings is 1. The third-order valence-corrected chi connectivity index (χ3v) is 8.35. The molecule has 5 rings (SSSR count). The number of fused-ring (bicyclic) bond motifs is 2. The van der Waals surface area contributed by atoms with Gasteiger partial charge in [0.1, 0.15) is 0 Å². The van der Waals surface area contributed by atoms with E-state index in [-0.39, 0.29) is 17.4 Å². The highest BCUT2D eigenvalue weighted by atomic mass is 32.1. The summed E-state index contributed by atoms with van der Waals surface area (Å²) in [5.74, 6) is 0.129. The molecule has 1 atom stereocenters. The number of aryl methyl sites for hydroxylation is 1. The smallest absolute Gasteiger partial charge is 0.278 e. The summed E-state index contributed by atoms with van der Waals surface area (Å²) in [5.41, 5.74) is 1.79. The number of nitrogens with one attached hydrogen (secondary N) is 1. The van der Waals surface area contributed by atoms with Crippen LogP contribution in [-0.2, 0) is 17.6 Å². The molecule has 2 aromatic heterocycles. The molecule has 0 spiro atoms. The van der Waals surface area contributed by atoms with Crippen molar-refractivity contribution in [3.05, 3.63) is 21.6 Å². The van der Waals surface area contributed by atoms with Crippen LogP contribution < -0.4 is 15.8 Å². The van der Waals surface area contributed by atoms with E-state index in [2.05, 4.69) is 20.2 Å². The van der Waals surface area contributed by atoms with Gasteiger partial charge in [-0.05, 0) is 77.4 Å². The Morgan fingerprint density at radius 1 is 1.03 bits per heavy atom. The molecule has 2 aliphatic heterocycles. The second-order valence-electron chi connectivity index (χ2n) is 9.81. The highest BCUT2D eigenvalue weighted by Crippen LogP contribution is 2.28. The number of carbonyl (C=O) groups is 1. The predicted molar refractivity (Wildman–Crippen MR) is 131 cm³/mol. The van der Waals surface area contributed by atoms with Crippen LogP contribution in [-0.4, -0.2) is 64.7 Å². The summed E-state index contributed by atoms with van der Waals surface area (Å²) in [6, 6.07) is 0. The van der Waals surface area contributed by atoms with Crippen molar-refractivity contribution in [1.82, 2.24) is 24.8 Å². The van der Waals surface area contributed by atoms with E-state index < -0.39 is 0 Å². The Hall–Kier alpha value is -2.00. The third-order valence-electron chi connectivity index (χ3n) is 7.38. The molecule has 2 fully saturated rings. The van der Waals surface area contributed by atoms with E-state index >= 15 is 0 Å². The Labute approximate surface area is 199 Å². The summed E-state index contributed by atoms with van der Waals surface area (Å²) in [7, 11) is 0. The van der Waals surface area contributed by atoms with Gasteiger partial charge in [0.05, 0.1) is 11.6 Å². The molecule has 0 radical (unpaired) electrons. The molecule has 2 aromatic rings. The number of anilines is 1. The number of hydrogen-bond donors (Lipinski definition) is 1. The first-order valence-corrected chi connectivity index (χ1v) is 13.7. The predicted octanol–water partition coefficient (Wildman–Crippen LogP) is 2.63. The fraction of sp³-hybridized carbons (Fsp3) is 0.750. The lowest BCUT2D eigenvalue weighted by Crippen LogP contribution is -2.43. The van der Waals surface area contributed by atoms with Crippen LogP contribution in [0.1, 0.15) is 69.0 Å². The molecule has 2 saturated heterocycles. The number of rotatable bonds is 6. The first-order chi connectivity index (χ1) is 16.2. The number of nitrogens with zero attached hydrogens (tertiary/aromatic N) is 5. The topological polar surface area (TPSA) is 82.8 Å². The van der Waals surface area contributed by atoms with Gasteiger partial charge in [-0.3, -0.25) is 9.59 Å². The van der Waals surface area contributed by atoms with Gasteiger partial charge in [-0.2, -0.15) is 4.52 Å². The molecule has 0 aromatic carbocycles. The van der Waals surface area contributed by atoms with Crippen LogP contribution in [0, 0.1) is 5.92 Å². The zero-order valence-corrected chi connectivity index (χ0v) is 20.4. The summed E-state index contributed by atoms with van der Waals surface area (Å²) in [6.07, 6.45) is 12.0. The molecular formula is C24H36N6O2S. The molecule has 1 N–H and O–H groups in total. The summed E-state index contributed by atoms with van der Waals surface area (Å²) < 4.78 is 1.48. The lowest BCUT2D eigenvalue weighted by atomic mass is 9.97. The van der Waals surface area contributed by atoms with E-state index in [4.69, 9.17) is 4.98 Å². The zero-order chi connectivity index (χ0) is 22.6. The maximum absolute atomic E-state index is 12.9. The van der Waals surface area contributed by atoms with Gasteiger partial charge in [0.2, 0.25) is 16.0 Å². The molecule has 0 saturated carbocycles. The molecule has 4 heterocycles. The van der Waals surface area contributed by atoms with Crippen molar-refractivity contribution in [3.63, 3.8) is 0 Å². The van der Waals surface area contributed by atoms with Crippen molar-refractivity contribution in [2.24, 2.45) is 5.92 Å². The second kappa shape index (κ2) is 10.5. The molecular weight excluding hydrogens is 436 g/mol. The average molecular weight is 473 g/mol. The Bertz CT molecular complexity index is 1030. The van der Waals surface area contributed by atoms with Gasteiger partial charge in [0.25, 0.3) is 5.56 Å². The number of aromatic nitrogens is 3. The first kappa shape index (κ1) is 22.8. The number of hydrogen-bond acceptors (Lipinski definition) is 7. The lowest BCUT2D eigenvalue weighted by molar-refractivity contribution is -0.125. The minimum absolute atomic E-state index is 0.00656. The van der Waals surface area contributed by atoms with E-state index in [1.54, 1.807) is 0 Å². The van der Waals surface area contributed by atoms with Gasteiger partial charge in [0, 0.05) is 25.2 Å². The summed E-state index contributed by atoms with van der Waals surface area (Å²) >= 11 is 1.47. The fourth-order valence-electron chi connectivity index (χ4n) is 5.47. The molecule has 0 unspecified atom stereocenters. The van der Waals surface area contributed by atoms with Gasteiger partial charge in [-0.25, -0.2) is 4.98 Å². The van der Waals surface area contributed by atoms with E-state index in [9.17, 15) is 9.59 Å². The van der Waals surface area contributed by atoms with Gasteiger partial charge in [-0.1, -0.05) is 24.2 Å². The average Bonchev–Trinajstić information content (AvgIpc) is 3.10. The van der Waals surface area contributed by atoms with E-state index in [1.807, 2.05) is 0 Å². The monoisotopic (exact) mass is 472 g/mol. The van der Waals surface area contributed by atoms with E-state index in [0.29, 0.717) is 11.5 Å². The zero-order valence-electron chi connectivity index (χ0n) is 19.6. The highest BCUT2D eigenvalue weighted by Gasteiger charge is 2.28. The normalized spacial score (nSPS) is 22.2. The van der Waals surface area contributed by atoms with Crippen LogP contribution in [0.15, 0.2) is 4.79 Å². The van der Waals surface area contributed by atoms with Crippen LogP contribution in [0.3, 0.4) is 0 Å². The van der Waals surface area contributed by atoms with Crippen LogP contribution in [0.2, 0.25) is 0 Å². The van der Waals surface area contributed by atoms with Crippen molar-refractivity contribution in [2.75, 3.05) is 44.2 Å². The SMILES string of the molecule is O=C(NCCCN1CCCCCC1)[C@H]1CCCN(c2nn3c(=O)c4c(nc3s2)CCCC4)C1. The number of amides is 1. The lowest BCUT2D eigenvalue weighted by Gasteiger charge is -2.31. The molecule has 3 aliphatic rings. The summed E-state index contributed by atoms with van der Waals surface area (Å²) in [4.78, 5) is 35.9. The highest BCUT2D eigenvalue weighted by molar-refractivity contribution is 7.20. The molecule has 180 valence electrons. The first-order valence-electron chi connectivity index (χ1n) is 12.9. The maximum Gasteiger partial charge on any atom is 0.278 e. The third kappa shape index (κ3) is 5.24. The minimum Gasteiger partial charge on any atom is -0.356 e. The number of likely N-dealkylation sites (tertiary alicyclic amines) is 1. The van der Waals surface area contributed by atoms with Crippen LogP contribution in [0.25, 0.3) is 4.96 Å². The Morgan fingerprint density at radius 3 is 2.70 bits per heavy atom. The van der Waals surface area contributed by atoms with E-state index in [0.717, 1.165) is 81.0 Å². The summed E-state index contributed by atoms with van der Waals surface area (Å²) in [6.45, 7) is 5.76. The van der Waals surface area contributed by atoms with Crippen LogP contribution in [0.5, 0.6) is 0 Å². The van der Waals surface area contributed by atoms with Crippen molar-refractivity contribution < 1.29 is 4.79 Å². The standard InChI is InChI=1S/C24H36N6O2S/c31-21(25-12-8-15-28-13-5-1-2-6-14-28)18-9-7-16-29(17-18)24-27-30-22(32)19-10-3-4-11-20(19)26-23(30)33-24/h18H,1-17H2,(H,25,31)/t18-/m0/s1. The minimum atomic E-state index is -0.0261. The van der Waals surface area contributed by atoms with Crippen molar-refractivity contribution in [3.8, 4) is 0 Å². The molecule has 8 nitrogen and oxygen atoms in total. The van der Waals surface area contributed by atoms with Gasteiger partial charge >= 0.3 is 0 Å².